The summed E-state index contributed by atoms with van der Waals surface area (Å²) in [5, 5.41) is 17.3. The van der Waals surface area contributed by atoms with Crippen LogP contribution in [0.5, 0.6) is 0 Å². The number of nitrogens with one attached hydrogen (secondary N) is 2. The molecular formula is C19H33IN6OS. The number of aryl methyl sites for hydroxylation is 1. The first-order chi connectivity index (χ1) is 13.3. The van der Waals surface area contributed by atoms with Gasteiger partial charge in [0.25, 0.3) is 0 Å². The Morgan fingerprint density at radius 1 is 1.36 bits per heavy atom. The standard InChI is InChI=1S/C19H32N6OS.HI/c1-4-16(17-9-7-14-27-17)23-19(20-10-8-13-26-6-3)21-11-12-25-15-22-24-18(25)5-2;/h7,9,14-16H,4-6,8,10-13H2,1-3H3,(H2,20,21,23);1H. The third-order valence-corrected chi connectivity index (χ3v) is 5.17. The van der Waals surface area contributed by atoms with Crippen molar-refractivity contribution in [3.63, 3.8) is 0 Å². The fourth-order valence-corrected chi connectivity index (χ4v) is 3.58. The van der Waals surface area contributed by atoms with E-state index < -0.39 is 0 Å². The summed E-state index contributed by atoms with van der Waals surface area (Å²) < 4.78 is 7.49. The Morgan fingerprint density at radius 3 is 2.89 bits per heavy atom. The number of aliphatic imine (C=N–C) groups is 1. The van der Waals surface area contributed by atoms with Crippen molar-refractivity contribution >= 4 is 41.3 Å². The van der Waals surface area contributed by atoms with Crippen LogP contribution in [-0.2, 0) is 17.7 Å². The van der Waals surface area contributed by atoms with Crippen molar-refractivity contribution in [2.45, 2.75) is 52.6 Å². The molecule has 0 saturated carbocycles. The third kappa shape index (κ3) is 8.44. The molecule has 1 unspecified atom stereocenters. The first kappa shape index (κ1) is 24.8. The maximum absolute atomic E-state index is 5.41. The molecule has 158 valence electrons. The average Bonchev–Trinajstić information content (AvgIpc) is 3.37. The van der Waals surface area contributed by atoms with E-state index in [1.807, 2.05) is 6.92 Å². The summed E-state index contributed by atoms with van der Waals surface area (Å²) in [6.07, 6.45) is 4.59. The third-order valence-electron chi connectivity index (χ3n) is 4.18. The van der Waals surface area contributed by atoms with E-state index >= 15 is 0 Å². The van der Waals surface area contributed by atoms with Crippen molar-refractivity contribution in [3.05, 3.63) is 34.5 Å². The van der Waals surface area contributed by atoms with Gasteiger partial charge in [0.05, 0.1) is 6.04 Å². The van der Waals surface area contributed by atoms with E-state index in [1.165, 1.54) is 4.88 Å². The molecule has 0 aliphatic carbocycles. The zero-order valence-corrected chi connectivity index (χ0v) is 20.2. The Bertz CT molecular complexity index is 661. The monoisotopic (exact) mass is 520 g/mol. The number of hydrogen-bond acceptors (Lipinski definition) is 5. The summed E-state index contributed by atoms with van der Waals surface area (Å²) in [7, 11) is 0. The Balaban J connectivity index is 0.00000392. The summed E-state index contributed by atoms with van der Waals surface area (Å²) in [6.45, 7) is 10.1. The molecule has 9 heteroatoms. The summed E-state index contributed by atoms with van der Waals surface area (Å²) in [6, 6.07) is 4.53. The molecule has 0 spiro atoms. The molecule has 0 fully saturated rings. The van der Waals surface area contributed by atoms with Crippen molar-refractivity contribution in [3.8, 4) is 0 Å². The van der Waals surface area contributed by atoms with Gasteiger partial charge in [0.2, 0.25) is 0 Å². The highest BCUT2D eigenvalue weighted by Gasteiger charge is 2.12. The molecule has 7 nitrogen and oxygen atoms in total. The lowest BCUT2D eigenvalue weighted by atomic mass is 10.2. The van der Waals surface area contributed by atoms with E-state index in [0.29, 0.717) is 0 Å². The molecule has 0 bridgehead atoms. The van der Waals surface area contributed by atoms with Gasteiger partial charge in [-0.1, -0.05) is 19.9 Å². The number of thiophene rings is 1. The van der Waals surface area contributed by atoms with Gasteiger partial charge in [-0.2, -0.15) is 0 Å². The molecule has 1 atom stereocenters. The van der Waals surface area contributed by atoms with E-state index in [0.717, 1.165) is 63.9 Å². The quantitative estimate of drug-likeness (QED) is 0.194. The number of nitrogens with zero attached hydrogens (tertiary/aromatic N) is 4. The van der Waals surface area contributed by atoms with Crippen molar-refractivity contribution in [1.82, 2.24) is 25.4 Å². The van der Waals surface area contributed by atoms with Crippen molar-refractivity contribution < 1.29 is 4.74 Å². The zero-order valence-electron chi connectivity index (χ0n) is 17.1. The molecule has 2 heterocycles. The van der Waals surface area contributed by atoms with Crippen LogP contribution in [0.2, 0.25) is 0 Å². The average molecular weight is 520 g/mol. The van der Waals surface area contributed by atoms with Crippen molar-refractivity contribution in [2.75, 3.05) is 26.3 Å². The number of halogens is 1. The van der Waals surface area contributed by atoms with Gasteiger partial charge in [-0.05, 0) is 31.2 Å². The highest BCUT2D eigenvalue weighted by molar-refractivity contribution is 14.0. The molecule has 0 aromatic carbocycles. The summed E-state index contributed by atoms with van der Waals surface area (Å²) >= 11 is 1.77. The van der Waals surface area contributed by atoms with Crippen molar-refractivity contribution in [1.29, 1.82) is 0 Å². The minimum absolute atomic E-state index is 0. The molecule has 2 aromatic heterocycles. The molecular weight excluding hydrogens is 487 g/mol. The van der Waals surface area contributed by atoms with Gasteiger partial charge in [0, 0.05) is 44.1 Å². The first-order valence-electron chi connectivity index (χ1n) is 9.81. The van der Waals surface area contributed by atoms with Crippen LogP contribution in [0.15, 0.2) is 28.8 Å². The predicted octanol–water partition coefficient (Wildman–Crippen LogP) is 3.63. The number of ether oxygens (including phenoxy) is 1. The fraction of sp³-hybridized carbons (Fsp3) is 0.632. The van der Waals surface area contributed by atoms with E-state index in [4.69, 9.17) is 9.73 Å². The molecule has 2 N–H and O–H groups in total. The molecule has 28 heavy (non-hydrogen) atoms. The minimum Gasteiger partial charge on any atom is -0.382 e. The second kappa shape index (κ2) is 14.7. The van der Waals surface area contributed by atoms with Gasteiger partial charge >= 0.3 is 0 Å². The van der Waals surface area contributed by atoms with E-state index in [2.05, 4.69) is 56.8 Å². The Kier molecular flexibility index (Phi) is 13.1. The van der Waals surface area contributed by atoms with Gasteiger partial charge in [0.15, 0.2) is 5.96 Å². The van der Waals surface area contributed by atoms with Gasteiger partial charge in [-0.15, -0.1) is 45.5 Å². The van der Waals surface area contributed by atoms with Crippen LogP contribution in [0, 0.1) is 0 Å². The minimum atomic E-state index is 0. The maximum Gasteiger partial charge on any atom is 0.191 e. The molecule has 0 saturated heterocycles. The number of guanidine groups is 1. The Hall–Kier alpha value is -1.20. The van der Waals surface area contributed by atoms with Crippen LogP contribution >= 0.6 is 35.3 Å². The normalized spacial score (nSPS) is 12.5. The lowest BCUT2D eigenvalue weighted by Gasteiger charge is -2.20. The second-order valence-electron chi connectivity index (χ2n) is 6.12. The zero-order chi connectivity index (χ0) is 19.3. The second-order valence-corrected chi connectivity index (χ2v) is 7.10. The van der Waals surface area contributed by atoms with Gasteiger partial charge < -0.3 is 19.9 Å². The SMILES string of the molecule is CCOCCCN=C(NCCn1cnnc1CC)NC(CC)c1cccs1.I. The molecule has 0 amide bonds. The lowest BCUT2D eigenvalue weighted by Crippen LogP contribution is -2.41. The molecule has 0 aliphatic heterocycles. The summed E-state index contributed by atoms with van der Waals surface area (Å²) in [5.74, 6) is 1.85. The van der Waals surface area contributed by atoms with Crippen LogP contribution < -0.4 is 10.6 Å². The number of aromatic nitrogens is 3. The molecule has 2 rings (SSSR count). The van der Waals surface area contributed by atoms with Gasteiger partial charge in [-0.3, -0.25) is 4.99 Å². The fourth-order valence-electron chi connectivity index (χ4n) is 2.72. The topological polar surface area (TPSA) is 76.4 Å². The smallest absolute Gasteiger partial charge is 0.191 e. The lowest BCUT2D eigenvalue weighted by molar-refractivity contribution is 0.146. The first-order valence-corrected chi connectivity index (χ1v) is 10.7. The summed E-state index contributed by atoms with van der Waals surface area (Å²) in [4.78, 5) is 6.06. The van der Waals surface area contributed by atoms with Crippen LogP contribution in [-0.4, -0.2) is 47.0 Å². The van der Waals surface area contributed by atoms with E-state index in [1.54, 1.807) is 17.7 Å². The van der Waals surface area contributed by atoms with Crippen molar-refractivity contribution in [2.24, 2.45) is 4.99 Å². The maximum atomic E-state index is 5.41. The summed E-state index contributed by atoms with van der Waals surface area (Å²) in [5.41, 5.74) is 0. The van der Waals surface area contributed by atoms with E-state index in [-0.39, 0.29) is 30.0 Å². The van der Waals surface area contributed by atoms with E-state index in [9.17, 15) is 0 Å². The molecule has 0 radical (unpaired) electrons. The van der Waals surface area contributed by atoms with Crippen LogP contribution in [0.3, 0.4) is 0 Å². The van der Waals surface area contributed by atoms with Gasteiger partial charge in [-0.25, -0.2) is 0 Å². The highest BCUT2D eigenvalue weighted by atomic mass is 127. The van der Waals surface area contributed by atoms with Crippen LogP contribution in [0.4, 0.5) is 0 Å². The van der Waals surface area contributed by atoms with Crippen LogP contribution in [0.1, 0.15) is 50.4 Å². The Morgan fingerprint density at radius 2 is 2.21 bits per heavy atom. The largest absolute Gasteiger partial charge is 0.382 e. The Labute approximate surface area is 189 Å². The number of rotatable bonds is 12. The van der Waals surface area contributed by atoms with Gasteiger partial charge in [0.1, 0.15) is 12.2 Å². The number of hydrogen-bond donors (Lipinski definition) is 2. The molecule has 0 aliphatic rings. The predicted molar refractivity (Wildman–Crippen MR) is 127 cm³/mol. The molecule has 2 aromatic rings. The van der Waals surface area contributed by atoms with Crippen LogP contribution in [0.25, 0.3) is 0 Å². The highest BCUT2D eigenvalue weighted by Crippen LogP contribution is 2.21.